The third-order valence-electron chi connectivity index (χ3n) is 3.23. The molecule has 19 heavy (non-hydrogen) atoms. The minimum absolute atomic E-state index is 0.141. The highest BCUT2D eigenvalue weighted by Gasteiger charge is 2.19. The molecule has 2 aromatic rings. The van der Waals surface area contributed by atoms with Crippen LogP contribution in [0.15, 0.2) is 27.1 Å². The van der Waals surface area contributed by atoms with Crippen LogP contribution in [0.1, 0.15) is 33.0 Å². The van der Waals surface area contributed by atoms with Gasteiger partial charge in [-0.1, -0.05) is 12.1 Å². The highest BCUT2D eigenvalue weighted by atomic mass is 79.9. The lowest BCUT2D eigenvalue weighted by Gasteiger charge is -2.09. The van der Waals surface area contributed by atoms with Crippen molar-refractivity contribution in [2.24, 2.45) is 0 Å². The van der Waals surface area contributed by atoms with Gasteiger partial charge < -0.3 is 9.73 Å². The van der Waals surface area contributed by atoms with Gasteiger partial charge in [-0.3, -0.25) is 4.79 Å². The van der Waals surface area contributed by atoms with E-state index in [-0.39, 0.29) is 5.91 Å². The van der Waals surface area contributed by atoms with Crippen LogP contribution in [0.3, 0.4) is 0 Å². The van der Waals surface area contributed by atoms with Gasteiger partial charge in [-0.25, -0.2) is 0 Å². The number of anilines is 1. The Labute approximate surface area is 121 Å². The maximum Gasteiger partial charge on any atom is 0.259 e. The third kappa shape index (κ3) is 2.59. The monoisotopic (exact) mass is 321 g/mol. The van der Waals surface area contributed by atoms with E-state index < -0.39 is 0 Å². The van der Waals surface area contributed by atoms with Gasteiger partial charge in [-0.05, 0) is 55.3 Å². The van der Waals surface area contributed by atoms with Crippen molar-refractivity contribution in [2.45, 2.75) is 27.7 Å². The molecular formula is C15H16BrNO2. The van der Waals surface area contributed by atoms with Crippen LogP contribution in [-0.2, 0) is 0 Å². The number of hydrogen-bond donors (Lipinski definition) is 1. The zero-order valence-corrected chi connectivity index (χ0v) is 13.0. The van der Waals surface area contributed by atoms with Crippen LogP contribution in [-0.4, -0.2) is 5.91 Å². The van der Waals surface area contributed by atoms with Gasteiger partial charge >= 0.3 is 0 Å². The van der Waals surface area contributed by atoms with Crippen LogP contribution in [0.4, 0.5) is 5.69 Å². The predicted molar refractivity (Wildman–Crippen MR) is 79.8 cm³/mol. The van der Waals surface area contributed by atoms with Crippen molar-refractivity contribution in [2.75, 3.05) is 5.32 Å². The number of nitrogens with one attached hydrogen (secondary N) is 1. The lowest BCUT2D eigenvalue weighted by Crippen LogP contribution is -2.14. The Morgan fingerprint density at radius 1 is 1.16 bits per heavy atom. The summed E-state index contributed by atoms with van der Waals surface area (Å²) in [6, 6.07) is 5.76. The zero-order chi connectivity index (χ0) is 14.2. The standard InChI is InChI=1S/C15H16BrNO2/c1-8-6-5-7-12(14(8)16)17-15(18)13-9(2)10(3)19-11(13)4/h5-7H,1-4H3,(H,17,18). The Bertz CT molecular complexity index is 644. The van der Waals surface area contributed by atoms with Crippen LogP contribution in [0.2, 0.25) is 0 Å². The molecule has 0 unspecified atom stereocenters. The van der Waals surface area contributed by atoms with Gasteiger partial charge in [-0.2, -0.15) is 0 Å². The second-order valence-corrected chi connectivity index (χ2v) is 5.40. The van der Waals surface area contributed by atoms with E-state index in [9.17, 15) is 4.79 Å². The summed E-state index contributed by atoms with van der Waals surface area (Å²) in [5.41, 5.74) is 3.35. The first-order valence-electron chi connectivity index (χ1n) is 6.05. The third-order valence-corrected chi connectivity index (χ3v) is 4.28. The Morgan fingerprint density at radius 3 is 2.42 bits per heavy atom. The van der Waals surface area contributed by atoms with Gasteiger partial charge in [-0.15, -0.1) is 0 Å². The molecule has 0 aliphatic heterocycles. The Kier molecular flexibility index (Phi) is 3.80. The molecule has 1 amide bonds. The number of benzene rings is 1. The molecule has 2 rings (SSSR count). The molecule has 0 saturated heterocycles. The normalized spacial score (nSPS) is 10.6. The van der Waals surface area contributed by atoms with E-state index in [0.717, 1.165) is 27.0 Å². The van der Waals surface area contributed by atoms with Crippen molar-refractivity contribution in [3.8, 4) is 0 Å². The van der Waals surface area contributed by atoms with Crippen molar-refractivity contribution < 1.29 is 9.21 Å². The van der Waals surface area contributed by atoms with Crippen LogP contribution in [0.5, 0.6) is 0 Å². The first-order chi connectivity index (χ1) is 8.91. The van der Waals surface area contributed by atoms with E-state index in [4.69, 9.17) is 4.42 Å². The Balaban J connectivity index is 2.34. The van der Waals surface area contributed by atoms with Crippen molar-refractivity contribution in [1.82, 2.24) is 0 Å². The highest BCUT2D eigenvalue weighted by Crippen LogP contribution is 2.27. The van der Waals surface area contributed by atoms with E-state index in [2.05, 4.69) is 21.2 Å². The van der Waals surface area contributed by atoms with Crippen LogP contribution in [0.25, 0.3) is 0 Å². The number of hydrogen-bond acceptors (Lipinski definition) is 2. The van der Waals surface area contributed by atoms with Crippen molar-refractivity contribution in [3.63, 3.8) is 0 Å². The fourth-order valence-corrected chi connectivity index (χ4v) is 2.42. The predicted octanol–water partition coefficient (Wildman–Crippen LogP) is 4.53. The summed E-state index contributed by atoms with van der Waals surface area (Å²) < 4.78 is 6.39. The number of carbonyl (C=O) groups excluding carboxylic acids is 1. The van der Waals surface area contributed by atoms with Crippen molar-refractivity contribution in [3.05, 3.63) is 50.9 Å². The maximum atomic E-state index is 12.3. The average Bonchev–Trinajstić information content (AvgIpc) is 2.59. The zero-order valence-electron chi connectivity index (χ0n) is 11.4. The molecule has 100 valence electrons. The quantitative estimate of drug-likeness (QED) is 0.883. The molecular weight excluding hydrogens is 306 g/mol. The molecule has 0 fully saturated rings. The number of carbonyl (C=O) groups is 1. The number of amides is 1. The SMILES string of the molecule is Cc1cccc(NC(=O)c2c(C)oc(C)c2C)c1Br. The summed E-state index contributed by atoms with van der Waals surface area (Å²) in [5.74, 6) is 1.29. The largest absolute Gasteiger partial charge is 0.466 e. The minimum Gasteiger partial charge on any atom is -0.466 e. The summed E-state index contributed by atoms with van der Waals surface area (Å²) in [4.78, 5) is 12.3. The summed E-state index contributed by atoms with van der Waals surface area (Å²) in [6.07, 6.45) is 0. The van der Waals surface area contributed by atoms with Crippen LogP contribution >= 0.6 is 15.9 Å². The molecule has 3 nitrogen and oxygen atoms in total. The molecule has 0 atom stereocenters. The Morgan fingerprint density at radius 2 is 1.84 bits per heavy atom. The Hall–Kier alpha value is -1.55. The molecule has 0 aliphatic rings. The average molecular weight is 322 g/mol. The minimum atomic E-state index is -0.141. The molecule has 1 aromatic heterocycles. The van der Waals surface area contributed by atoms with E-state index in [1.165, 1.54) is 0 Å². The lowest BCUT2D eigenvalue weighted by atomic mass is 10.1. The maximum absolute atomic E-state index is 12.3. The molecule has 0 bridgehead atoms. The van der Waals surface area contributed by atoms with Crippen molar-refractivity contribution >= 4 is 27.5 Å². The summed E-state index contributed by atoms with van der Waals surface area (Å²) in [7, 11) is 0. The fraction of sp³-hybridized carbons (Fsp3) is 0.267. The second-order valence-electron chi connectivity index (χ2n) is 4.61. The van der Waals surface area contributed by atoms with Gasteiger partial charge in [0.1, 0.15) is 11.5 Å². The molecule has 1 heterocycles. The van der Waals surface area contributed by atoms with Gasteiger partial charge in [0.2, 0.25) is 0 Å². The van der Waals surface area contributed by atoms with E-state index >= 15 is 0 Å². The van der Waals surface area contributed by atoms with Gasteiger partial charge in [0, 0.05) is 10.0 Å². The topological polar surface area (TPSA) is 42.2 Å². The van der Waals surface area contributed by atoms with Gasteiger partial charge in [0.05, 0.1) is 11.3 Å². The highest BCUT2D eigenvalue weighted by molar-refractivity contribution is 9.10. The van der Waals surface area contributed by atoms with Crippen molar-refractivity contribution in [1.29, 1.82) is 0 Å². The smallest absolute Gasteiger partial charge is 0.259 e. The van der Waals surface area contributed by atoms with Crippen LogP contribution < -0.4 is 5.32 Å². The summed E-state index contributed by atoms with van der Waals surface area (Å²) in [5, 5.41) is 2.92. The molecule has 0 spiro atoms. The fourth-order valence-electron chi connectivity index (χ4n) is 2.06. The first-order valence-corrected chi connectivity index (χ1v) is 6.84. The number of furan rings is 1. The van der Waals surface area contributed by atoms with Gasteiger partial charge in [0.25, 0.3) is 5.91 Å². The number of halogens is 1. The summed E-state index contributed by atoms with van der Waals surface area (Å²) >= 11 is 3.49. The number of rotatable bonds is 2. The molecule has 1 aromatic carbocycles. The molecule has 4 heteroatoms. The first kappa shape index (κ1) is 13.9. The van der Waals surface area contributed by atoms with E-state index in [0.29, 0.717) is 11.3 Å². The second kappa shape index (κ2) is 5.21. The van der Waals surface area contributed by atoms with E-state index in [1.54, 1.807) is 6.92 Å². The number of aryl methyl sites for hydroxylation is 3. The van der Waals surface area contributed by atoms with Gasteiger partial charge in [0.15, 0.2) is 0 Å². The molecule has 0 radical (unpaired) electrons. The van der Waals surface area contributed by atoms with E-state index in [1.807, 2.05) is 39.0 Å². The molecule has 0 saturated carbocycles. The lowest BCUT2D eigenvalue weighted by molar-refractivity contribution is 0.102. The molecule has 0 aliphatic carbocycles. The summed E-state index contributed by atoms with van der Waals surface area (Å²) in [6.45, 7) is 7.55. The molecule has 1 N–H and O–H groups in total. The van der Waals surface area contributed by atoms with Crippen LogP contribution in [0, 0.1) is 27.7 Å².